The molecular formula is C16H15FN2OS. The third-order valence-electron chi connectivity index (χ3n) is 3.99. The van der Waals surface area contributed by atoms with Crippen molar-refractivity contribution < 1.29 is 9.13 Å². The van der Waals surface area contributed by atoms with E-state index in [4.69, 9.17) is 4.74 Å². The Morgan fingerprint density at radius 1 is 1.24 bits per heavy atom. The van der Waals surface area contributed by atoms with Crippen LogP contribution in [-0.4, -0.2) is 36.2 Å². The molecule has 0 bridgehead atoms. The second-order valence-corrected chi connectivity index (χ2v) is 6.25. The number of allylic oxidation sites excluding steroid dienone is 2. The van der Waals surface area contributed by atoms with Crippen LogP contribution in [0, 0.1) is 0 Å². The summed E-state index contributed by atoms with van der Waals surface area (Å²) in [5.74, 6) is 1.99. The van der Waals surface area contributed by atoms with Gasteiger partial charge >= 0.3 is 0 Å². The SMILES string of the molecule is FC1(c2ccc(C3=CC=CN4CCSN=C34)cc2)COC1. The largest absolute Gasteiger partial charge is 0.374 e. The Balaban J connectivity index is 1.65. The Bertz CT molecular complexity index is 647. The first-order valence-corrected chi connectivity index (χ1v) is 7.94. The smallest absolute Gasteiger partial charge is 0.182 e. The van der Waals surface area contributed by atoms with Gasteiger partial charge in [0.05, 0.1) is 13.2 Å². The molecule has 0 aromatic heterocycles. The molecule has 0 radical (unpaired) electrons. The summed E-state index contributed by atoms with van der Waals surface area (Å²) >= 11 is 1.59. The highest BCUT2D eigenvalue weighted by Crippen LogP contribution is 2.35. The number of benzene rings is 1. The number of fused-ring (bicyclic) bond motifs is 1. The monoisotopic (exact) mass is 302 g/mol. The molecule has 1 fully saturated rings. The number of hydrogen-bond donors (Lipinski definition) is 0. The zero-order chi connectivity index (χ0) is 14.3. The van der Waals surface area contributed by atoms with Crippen molar-refractivity contribution in [3.63, 3.8) is 0 Å². The molecule has 0 atom stereocenters. The fourth-order valence-corrected chi connectivity index (χ4v) is 3.39. The van der Waals surface area contributed by atoms with Crippen LogP contribution in [0.25, 0.3) is 5.57 Å². The number of ether oxygens (including phenoxy) is 1. The summed E-state index contributed by atoms with van der Waals surface area (Å²) in [5.41, 5.74) is 1.55. The Kier molecular flexibility index (Phi) is 3.12. The number of alkyl halides is 1. The quantitative estimate of drug-likeness (QED) is 0.785. The molecule has 1 aromatic carbocycles. The predicted molar refractivity (Wildman–Crippen MR) is 83.8 cm³/mol. The van der Waals surface area contributed by atoms with Crippen molar-refractivity contribution >= 4 is 23.4 Å². The second kappa shape index (κ2) is 5.00. The van der Waals surface area contributed by atoms with Crippen molar-refractivity contribution in [2.45, 2.75) is 5.67 Å². The zero-order valence-electron chi connectivity index (χ0n) is 11.5. The normalized spacial score (nSPS) is 23.0. The van der Waals surface area contributed by atoms with Crippen molar-refractivity contribution in [1.82, 2.24) is 4.90 Å². The van der Waals surface area contributed by atoms with Crippen LogP contribution < -0.4 is 0 Å². The average molecular weight is 302 g/mol. The van der Waals surface area contributed by atoms with Gasteiger partial charge in [0.25, 0.3) is 0 Å². The number of rotatable bonds is 2. The summed E-state index contributed by atoms with van der Waals surface area (Å²) < 4.78 is 23.8. The summed E-state index contributed by atoms with van der Waals surface area (Å²) in [5, 5.41) is 0. The fraction of sp³-hybridized carbons (Fsp3) is 0.312. The van der Waals surface area contributed by atoms with E-state index >= 15 is 0 Å². The minimum atomic E-state index is -1.30. The molecule has 0 amide bonds. The van der Waals surface area contributed by atoms with E-state index in [0.29, 0.717) is 5.56 Å². The van der Waals surface area contributed by atoms with Gasteiger partial charge in [0.2, 0.25) is 0 Å². The van der Waals surface area contributed by atoms with Gasteiger partial charge in [-0.2, -0.15) is 4.40 Å². The summed E-state index contributed by atoms with van der Waals surface area (Å²) in [7, 11) is 0. The van der Waals surface area contributed by atoms with Gasteiger partial charge < -0.3 is 9.64 Å². The lowest BCUT2D eigenvalue weighted by molar-refractivity contribution is -0.135. The van der Waals surface area contributed by atoms with E-state index in [0.717, 1.165) is 29.3 Å². The molecule has 1 saturated heterocycles. The van der Waals surface area contributed by atoms with E-state index in [1.54, 1.807) is 11.9 Å². The number of nitrogens with zero attached hydrogens (tertiary/aromatic N) is 2. The standard InChI is InChI=1S/C16H15FN2OS/c17-16(10-20-11-16)13-5-3-12(4-6-13)14-2-1-7-19-8-9-21-18-15(14)19/h1-7H,8-11H2. The molecule has 3 nitrogen and oxygen atoms in total. The molecule has 1 aromatic rings. The minimum absolute atomic E-state index is 0.162. The molecule has 3 aliphatic rings. The topological polar surface area (TPSA) is 24.8 Å². The molecule has 108 valence electrons. The Morgan fingerprint density at radius 3 is 2.76 bits per heavy atom. The highest BCUT2D eigenvalue weighted by molar-refractivity contribution is 7.98. The molecule has 0 N–H and O–H groups in total. The second-order valence-electron chi connectivity index (χ2n) is 5.40. The Labute approximate surface area is 127 Å². The molecule has 0 saturated carbocycles. The third-order valence-corrected chi connectivity index (χ3v) is 4.66. The predicted octanol–water partition coefficient (Wildman–Crippen LogP) is 3.15. The van der Waals surface area contributed by atoms with Crippen LogP contribution in [0.3, 0.4) is 0 Å². The van der Waals surface area contributed by atoms with Crippen LogP contribution in [-0.2, 0) is 10.4 Å². The maximum atomic E-state index is 14.3. The first kappa shape index (κ1) is 13.1. The fourth-order valence-electron chi connectivity index (χ4n) is 2.69. The van der Waals surface area contributed by atoms with E-state index < -0.39 is 5.67 Å². The summed E-state index contributed by atoms with van der Waals surface area (Å²) in [6.45, 7) is 1.30. The minimum Gasteiger partial charge on any atom is -0.374 e. The molecule has 0 aliphatic carbocycles. The first-order chi connectivity index (χ1) is 10.3. The average Bonchev–Trinajstić information content (AvgIpc) is 2.52. The summed E-state index contributed by atoms with van der Waals surface area (Å²) in [6.07, 6.45) is 6.15. The number of amidine groups is 1. The van der Waals surface area contributed by atoms with E-state index in [1.165, 1.54) is 0 Å². The van der Waals surface area contributed by atoms with Crippen LogP contribution in [0.4, 0.5) is 4.39 Å². The van der Waals surface area contributed by atoms with Gasteiger partial charge in [-0.05, 0) is 35.2 Å². The lowest BCUT2D eigenvalue weighted by Crippen LogP contribution is -2.42. The summed E-state index contributed by atoms with van der Waals surface area (Å²) in [6, 6.07) is 7.66. The van der Waals surface area contributed by atoms with Crippen LogP contribution in [0.2, 0.25) is 0 Å². The number of hydrogen-bond acceptors (Lipinski definition) is 4. The van der Waals surface area contributed by atoms with Crippen molar-refractivity contribution in [2.75, 3.05) is 25.5 Å². The van der Waals surface area contributed by atoms with E-state index in [2.05, 4.69) is 21.6 Å². The third kappa shape index (κ3) is 2.21. The van der Waals surface area contributed by atoms with Gasteiger partial charge in [0.1, 0.15) is 5.84 Å². The van der Waals surface area contributed by atoms with E-state index in [9.17, 15) is 4.39 Å². The van der Waals surface area contributed by atoms with Gasteiger partial charge in [-0.15, -0.1) is 0 Å². The van der Waals surface area contributed by atoms with Crippen molar-refractivity contribution in [3.8, 4) is 0 Å². The Morgan fingerprint density at radius 2 is 2.05 bits per heavy atom. The Hall–Kier alpha value is -1.59. The van der Waals surface area contributed by atoms with Crippen LogP contribution in [0.5, 0.6) is 0 Å². The molecular weight excluding hydrogens is 287 g/mol. The number of halogens is 1. The molecule has 3 aliphatic heterocycles. The molecule has 4 rings (SSSR count). The molecule has 0 unspecified atom stereocenters. The molecule has 5 heteroatoms. The maximum Gasteiger partial charge on any atom is 0.182 e. The van der Waals surface area contributed by atoms with E-state index in [1.807, 2.05) is 30.3 Å². The van der Waals surface area contributed by atoms with Crippen molar-refractivity contribution in [3.05, 3.63) is 53.7 Å². The lowest BCUT2D eigenvalue weighted by atomic mass is 9.91. The van der Waals surface area contributed by atoms with Crippen molar-refractivity contribution in [1.29, 1.82) is 0 Å². The van der Waals surface area contributed by atoms with Gasteiger partial charge in [0.15, 0.2) is 5.67 Å². The van der Waals surface area contributed by atoms with Crippen LogP contribution >= 0.6 is 11.9 Å². The van der Waals surface area contributed by atoms with Crippen LogP contribution in [0.15, 0.2) is 47.0 Å². The molecule has 3 heterocycles. The van der Waals surface area contributed by atoms with Crippen molar-refractivity contribution in [2.24, 2.45) is 4.40 Å². The molecule has 0 spiro atoms. The van der Waals surface area contributed by atoms with Gasteiger partial charge in [-0.25, -0.2) is 4.39 Å². The maximum absolute atomic E-state index is 14.3. The van der Waals surface area contributed by atoms with Crippen LogP contribution in [0.1, 0.15) is 11.1 Å². The molecule has 21 heavy (non-hydrogen) atoms. The highest BCUT2D eigenvalue weighted by atomic mass is 32.2. The first-order valence-electron chi connectivity index (χ1n) is 6.99. The highest BCUT2D eigenvalue weighted by Gasteiger charge is 2.40. The van der Waals surface area contributed by atoms with E-state index in [-0.39, 0.29) is 13.2 Å². The van der Waals surface area contributed by atoms with Gasteiger partial charge in [0, 0.05) is 24.1 Å². The zero-order valence-corrected chi connectivity index (χ0v) is 12.3. The lowest BCUT2D eigenvalue weighted by Gasteiger charge is -2.34. The summed E-state index contributed by atoms with van der Waals surface area (Å²) in [4.78, 5) is 2.16. The van der Waals surface area contributed by atoms with Gasteiger partial charge in [-0.1, -0.05) is 24.3 Å². The van der Waals surface area contributed by atoms with Gasteiger partial charge in [-0.3, -0.25) is 0 Å².